The molecule has 0 spiro atoms. The number of nitrogens with zero attached hydrogens (tertiary/aromatic N) is 4. The monoisotopic (exact) mass is 450 g/mol. The molecule has 0 aliphatic carbocycles. The van der Waals surface area contributed by atoms with Gasteiger partial charge >= 0.3 is 12.0 Å². The van der Waals surface area contributed by atoms with Crippen LogP contribution in [0.25, 0.3) is 0 Å². The predicted octanol–water partition coefficient (Wildman–Crippen LogP) is 2.95. The fourth-order valence-electron chi connectivity index (χ4n) is 2.98. The van der Waals surface area contributed by atoms with E-state index in [4.69, 9.17) is 16.3 Å². The quantitative estimate of drug-likeness (QED) is 0.469. The Morgan fingerprint density at radius 2 is 2.07 bits per heavy atom. The van der Waals surface area contributed by atoms with Crippen molar-refractivity contribution in [2.75, 3.05) is 12.4 Å². The smallest absolute Gasteiger partial charge is 0.338 e. The summed E-state index contributed by atoms with van der Waals surface area (Å²) in [5.74, 6) is 0.168. The lowest BCUT2D eigenvalue weighted by atomic mass is 9.95. The Morgan fingerprint density at radius 3 is 2.73 bits per heavy atom. The number of aromatic nitrogens is 4. The third kappa shape index (κ3) is 5.31. The molecule has 2 amide bonds. The van der Waals surface area contributed by atoms with Crippen LogP contribution in [0.5, 0.6) is 0 Å². The van der Waals surface area contributed by atoms with Crippen molar-refractivity contribution in [1.29, 1.82) is 0 Å². The average molecular weight is 451 g/mol. The summed E-state index contributed by atoms with van der Waals surface area (Å²) in [6.07, 6.45) is 0. The summed E-state index contributed by atoms with van der Waals surface area (Å²) in [5, 5.41) is 18.5. The topological polar surface area (TPSA) is 111 Å². The molecule has 1 aliphatic heterocycles. The number of rotatable bonds is 8. The second kappa shape index (κ2) is 9.94. The third-order valence-corrected chi connectivity index (χ3v) is 5.47. The van der Waals surface area contributed by atoms with Crippen LogP contribution < -0.4 is 10.6 Å². The lowest BCUT2D eigenvalue weighted by molar-refractivity contribution is -0.139. The number of ether oxygens (including phenoxy) is 1. The van der Waals surface area contributed by atoms with E-state index in [1.807, 2.05) is 0 Å². The number of thioether (sulfide) groups is 1. The van der Waals surface area contributed by atoms with Crippen LogP contribution in [-0.4, -0.2) is 44.6 Å². The van der Waals surface area contributed by atoms with E-state index >= 15 is 0 Å². The van der Waals surface area contributed by atoms with Crippen molar-refractivity contribution in [3.8, 4) is 0 Å². The molecule has 2 N–H and O–H groups in total. The van der Waals surface area contributed by atoms with Crippen LogP contribution in [0.2, 0.25) is 5.02 Å². The Labute approximate surface area is 183 Å². The van der Waals surface area contributed by atoms with Crippen molar-refractivity contribution in [3.63, 3.8) is 0 Å². The minimum Gasteiger partial charge on any atom is -0.463 e. The number of hydrogen-bond acceptors (Lipinski definition) is 7. The van der Waals surface area contributed by atoms with Crippen LogP contribution in [0.1, 0.15) is 32.4 Å². The minimum absolute atomic E-state index is 0.219. The minimum atomic E-state index is -0.655. The van der Waals surface area contributed by atoms with Crippen LogP contribution in [0.4, 0.5) is 4.79 Å². The van der Waals surface area contributed by atoms with Crippen LogP contribution >= 0.6 is 23.4 Å². The summed E-state index contributed by atoms with van der Waals surface area (Å²) < 4.78 is 6.97. The number of benzene rings is 1. The van der Waals surface area contributed by atoms with Crippen molar-refractivity contribution in [3.05, 3.63) is 46.1 Å². The summed E-state index contributed by atoms with van der Waals surface area (Å²) in [6.45, 7) is 6.76. The van der Waals surface area contributed by atoms with Gasteiger partial charge in [0.2, 0.25) is 5.16 Å². The van der Waals surface area contributed by atoms with Crippen LogP contribution in [0, 0.1) is 5.92 Å². The lowest BCUT2D eigenvalue weighted by Gasteiger charge is -2.29. The zero-order valence-electron chi connectivity index (χ0n) is 16.9. The number of nitrogens with one attached hydrogen (secondary N) is 2. The highest BCUT2D eigenvalue weighted by Gasteiger charge is 2.33. The van der Waals surface area contributed by atoms with E-state index in [1.54, 1.807) is 35.9 Å². The summed E-state index contributed by atoms with van der Waals surface area (Å²) in [6, 6.07) is 5.90. The van der Waals surface area contributed by atoms with Gasteiger partial charge in [-0.05, 0) is 41.0 Å². The maximum atomic E-state index is 12.8. The highest BCUT2D eigenvalue weighted by Crippen LogP contribution is 2.31. The van der Waals surface area contributed by atoms with Gasteiger partial charge in [0.05, 0.1) is 18.2 Å². The van der Waals surface area contributed by atoms with E-state index in [9.17, 15) is 9.59 Å². The number of carbonyl (C=O) groups excluding carboxylic acids is 2. The molecule has 2 aromatic rings. The van der Waals surface area contributed by atoms with Gasteiger partial charge in [-0.25, -0.2) is 14.3 Å². The molecular formula is C19H23ClN6O3S. The zero-order valence-corrected chi connectivity index (χ0v) is 18.5. The molecule has 30 heavy (non-hydrogen) atoms. The molecule has 3 rings (SSSR count). The predicted molar refractivity (Wildman–Crippen MR) is 113 cm³/mol. The number of carbonyl (C=O) groups is 2. The van der Waals surface area contributed by atoms with Gasteiger partial charge in [-0.3, -0.25) is 0 Å². The van der Waals surface area contributed by atoms with E-state index in [2.05, 4.69) is 40.0 Å². The molecule has 0 radical (unpaired) electrons. The molecule has 0 bridgehead atoms. The van der Waals surface area contributed by atoms with Gasteiger partial charge in [-0.2, -0.15) is 0 Å². The van der Waals surface area contributed by atoms with Gasteiger partial charge in [-0.1, -0.05) is 49.3 Å². The van der Waals surface area contributed by atoms with Gasteiger partial charge in [0, 0.05) is 23.0 Å². The molecule has 0 saturated heterocycles. The normalized spacial score (nSPS) is 16.4. The highest BCUT2D eigenvalue weighted by atomic mass is 35.5. The third-order valence-electron chi connectivity index (χ3n) is 4.24. The number of halogens is 1. The Bertz CT molecular complexity index is 944. The van der Waals surface area contributed by atoms with Crippen LogP contribution in [-0.2, 0) is 16.1 Å². The second-order valence-electron chi connectivity index (χ2n) is 7.02. The van der Waals surface area contributed by atoms with E-state index in [-0.39, 0.29) is 6.61 Å². The number of urea groups is 1. The second-order valence-corrected chi connectivity index (χ2v) is 8.40. The molecule has 1 aliphatic rings. The van der Waals surface area contributed by atoms with E-state index < -0.39 is 18.0 Å². The van der Waals surface area contributed by atoms with Crippen molar-refractivity contribution in [2.45, 2.75) is 38.5 Å². The zero-order chi connectivity index (χ0) is 21.7. The Hall–Kier alpha value is -2.59. The largest absolute Gasteiger partial charge is 0.463 e. The summed E-state index contributed by atoms with van der Waals surface area (Å²) in [4.78, 5) is 25.1. The Balaban J connectivity index is 1.93. The van der Waals surface area contributed by atoms with Crippen LogP contribution in [0.3, 0.4) is 0 Å². The lowest BCUT2D eigenvalue weighted by Crippen LogP contribution is -2.46. The number of amides is 2. The molecule has 1 atom stereocenters. The van der Waals surface area contributed by atoms with Crippen molar-refractivity contribution in [1.82, 2.24) is 30.8 Å². The molecular weight excluding hydrogens is 428 g/mol. The van der Waals surface area contributed by atoms with E-state index in [1.165, 1.54) is 11.8 Å². The van der Waals surface area contributed by atoms with Crippen molar-refractivity contribution >= 4 is 35.4 Å². The first-order chi connectivity index (χ1) is 14.4. The molecule has 0 saturated carbocycles. The maximum Gasteiger partial charge on any atom is 0.338 e. The standard InChI is InChI=1S/C19H23ClN6O3S/c1-4-29-17(27)15-14(10-30-19-23-24-25-26(19)9-11(2)3)21-18(28)22-16(15)12-5-7-13(20)8-6-12/h5-8,11,16H,4,9-10H2,1-3H3,(H2,21,22,28). The molecule has 1 unspecified atom stereocenters. The molecule has 9 nitrogen and oxygen atoms in total. The first-order valence-electron chi connectivity index (χ1n) is 9.51. The van der Waals surface area contributed by atoms with Crippen LogP contribution in [0.15, 0.2) is 40.7 Å². The first kappa shape index (κ1) is 22.1. The van der Waals surface area contributed by atoms with Gasteiger partial charge in [0.1, 0.15) is 0 Å². The molecule has 160 valence electrons. The van der Waals surface area contributed by atoms with Crippen molar-refractivity contribution in [2.24, 2.45) is 5.92 Å². The molecule has 11 heteroatoms. The molecule has 0 fully saturated rings. The number of hydrogen-bond donors (Lipinski definition) is 2. The first-order valence-corrected chi connectivity index (χ1v) is 10.9. The number of tetrazole rings is 1. The summed E-state index contributed by atoms with van der Waals surface area (Å²) in [5.41, 5.74) is 1.53. The Morgan fingerprint density at radius 1 is 1.33 bits per heavy atom. The van der Waals surface area contributed by atoms with Gasteiger partial charge < -0.3 is 15.4 Å². The summed E-state index contributed by atoms with van der Waals surface area (Å²) in [7, 11) is 0. The fourth-order valence-corrected chi connectivity index (χ4v) is 3.97. The van der Waals surface area contributed by atoms with Gasteiger partial charge in [-0.15, -0.1) is 5.10 Å². The highest BCUT2D eigenvalue weighted by molar-refractivity contribution is 7.99. The number of esters is 1. The maximum absolute atomic E-state index is 12.8. The van der Waals surface area contributed by atoms with Gasteiger partial charge in [0.15, 0.2) is 0 Å². The molecule has 2 heterocycles. The van der Waals surface area contributed by atoms with E-state index in [0.717, 1.165) is 5.56 Å². The van der Waals surface area contributed by atoms with Gasteiger partial charge in [0.25, 0.3) is 0 Å². The molecule has 1 aromatic carbocycles. The average Bonchev–Trinajstić information content (AvgIpc) is 3.12. The fraction of sp³-hybridized carbons (Fsp3) is 0.421. The van der Waals surface area contributed by atoms with Crippen molar-refractivity contribution < 1.29 is 14.3 Å². The molecule has 1 aromatic heterocycles. The Kier molecular flexibility index (Phi) is 7.33. The van der Waals surface area contributed by atoms with E-state index in [0.29, 0.717) is 39.7 Å². The SMILES string of the molecule is CCOC(=O)C1=C(CSc2nnnn2CC(C)C)NC(=O)NC1c1ccc(Cl)cc1. The summed E-state index contributed by atoms with van der Waals surface area (Å²) >= 11 is 7.33.